The average molecular weight is 416 g/mol. The van der Waals surface area contributed by atoms with Crippen LogP contribution in [0.5, 0.6) is 0 Å². The molecule has 2 N–H and O–H groups in total. The minimum Gasteiger partial charge on any atom is -0.379 e. The summed E-state index contributed by atoms with van der Waals surface area (Å²) in [6.07, 6.45) is 2.41. The summed E-state index contributed by atoms with van der Waals surface area (Å²) < 4.78 is 5.55. The number of nitrogens with one attached hydrogen (secondary N) is 2. The van der Waals surface area contributed by atoms with Gasteiger partial charge in [0.25, 0.3) is 0 Å². The zero-order chi connectivity index (χ0) is 21.2. The summed E-state index contributed by atoms with van der Waals surface area (Å²) in [5, 5.41) is 7.06. The van der Waals surface area contributed by atoms with E-state index in [1.165, 1.54) is 18.5 Å². The number of anilines is 1. The summed E-state index contributed by atoms with van der Waals surface area (Å²) >= 11 is 0. The standard InChI is InChI=1S/C24H41N5O/c1-4-25-24(27-18-23(16-20(2)3)28-12-14-30-15-13-28)26-17-21-10-11-29(19-21)22-8-6-5-7-9-22/h5-9,20-21,23H,4,10-19H2,1-3H3,(H2,25,26,27). The topological polar surface area (TPSA) is 52.1 Å². The van der Waals surface area contributed by atoms with Crippen molar-refractivity contribution in [2.24, 2.45) is 16.8 Å². The van der Waals surface area contributed by atoms with Crippen molar-refractivity contribution in [2.45, 2.75) is 39.7 Å². The van der Waals surface area contributed by atoms with Crippen LogP contribution in [0.2, 0.25) is 0 Å². The largest absolute Gasteiger partial charge is 0.379 e. The van der Waals surface area contributed by atoms with Crippen LogP contribution < -0.4 is 15.5 Å². The minimum absolute atomic E-state index is 0.490. The highest BCUT2D eigenvalue weighted by atomic mass is 16.5. The first-order chi connectivity index (χ1) is 14.7. The first kappa shape index (κ1) is 22.9. The van der Waals surface area contributed by atoms with Crippen molar-refractivity contribution in [3.05, 3.63) is 30.3 Å². The summed E-state index contributed by atoms with van der Waals surface area (Å²) in [6.45, 7) is 15.4. The molecule has 0 saturated carbocycles. The fourth-order valence-electron chi connectivity index (χ4n) is 4.48. The van der Waals surface area contributed by atoms with Gasteiger partial charge in [-0.2, -0.15) is 0 Å². The molecule has 2 unspecified atom stereocenters. The molecule has 2 fully saturated rings. The third-order valence-electron chi connectivity index (χ3n) is 6.08. The van der Waals surface area contributed by atoms with Crippen LogP contribution in [0.3, 0.4) is 0 Å². The highest BCUT2D eigenvalue weighted by Gasteiger charge is 2.24. The molecule has 168 valence electrons. The third kappa shape index (κ3) is 7.17. The lowest BCUT2D eigenvalue weighted by molar-refractivity contribution is 0.0143. The van der Waals surface area contributed by atoms with Gasteiger partial charge in [-0.15, -0.1) is 0 Å². The number of aliphatic imine (C=N–C) groups is 1. The summed E-state index contributed by atoms with van der Waals surface area (Å²) in [5.41, 5.74) is 1.34. The number of morpholine rings is 1. The van der Waals surface area contributed by atoms with Crippen molar-refractivity contribution in [1.29, 1.82) is 0 Å². The van der Waals surface area contributed by atoms with E-state index < -0.39 is 0 Å². The van der Waals surface area contributed by atoms with Crippen LogP contribution in [0.4, 0.5) is 5.69 Å². The molecule has 1 aromatic carbocycles. The van der Waals surface area contributed by atoms with Gasteiger partial charge in [-0.3, -0.25) is 9.89 Å². The van der Waals surface area contributed by atoms with E-state index in [0.717, 1.165) is 65.0 Å². The molecule has 2 saturated heterocycles. The molecule has 30 heavy (non-hydrogen) atoms. The molecule has 0 spiro atoms. The van der Waals surface area contributed by atoms with Crippen LogP contribution in [0.25, 0.3) is 0 Å². The number of benzene rings is 1. The van der Waals surface area contributed by atoms with E-state index in [-0.39, 0.29) is 0 Å². The van der Waals surface area contributed by atoms with Crippen molar-refractivity contribution < 1.29 is 4.74 Å². The molecule has 6 nitrogen and oxygen atoms in total. The Morgan fingerprint density at radius 3 is 2.60 bits per heavy atom. The zero-order valence-corrected chi connectivity index (χ0v) is 19.1. The van der Waals surface area contributed by atoms with Gasteiger partial charge in [-0.25, -0.2) is 0 Å². The van der Waals surface area contributed by atoms with Gasteiger partial charge in [-0.05, 0) is 43.7 Å². The van der Waals surface area contributed by atoms with Crippen molar-refractivity contribution in [3.8, 4) is 0 Å². The van der Waals surface area contributed by atoms with Crippen molar-refractivity contribution in [1.82, 2.24) is 15.5 Å². The van der Waals surface area contributed by atoms with Crippen molar-refractivity contribution in [3.63, 3.8) is 0 Å². The maximum Gasteiger partial charge on any atom is 0.191 e. The summed E-state index contributed by atoms with van der Waals surface area (Å²) in [6, 6.07) is 11.2. The molecule has 0 aromatic heterocycles. The van der Waals surface area contributed by atoms with Gasteiger partial charge >= 0.3 is 0 Å². The van der Waals surface area contributed by atoms with E-state index in [2.05, 4.69) is 71.5 Å². The molecular formula is C24H41N5O. The second-order valence-corrected chi connectivity index (χ2v) is 8.97. The normalized spacial score (nSPS) is 21.8. The Bertz CT molecular complexity index is 630. The Kier molecular flexibility index (Phi) is 9.27. The molecule has 0 bridgehead atoms. The van der Waals surface area contributed by atoms with Crippen LogP contribution in [-0.2, 0) is 4.74 Å². The lowest BCUT2D eigenvalue weighted by atomic mass is 10.0. The molecule has 1 aromatic rings. The highest BCUT2D eigenvalue weighted by molar-refractivity contribution is 5.79. The van der Waals surface area contributed by atoms with Gasteiger partial charge in [-0.1, -0.05) is 32.0 Å². The number of hydrogen-bond donors (Lipinski definition) is 2. The molecular weight excluding hydrogens is 374 g/mol. The van der Waals surface area contributed by atoms with Crippen molar-refractivity contribution >= 4 is 11.6 Å². The number of ether oxygens (including phenoxy) is 1. The third-order valence-corrected chi connectivity index (χ3v) is 6.08. The predicted octanol–water partition coefficient (Wildman–Crippen LogP) is 2.81. The van der Waals surface area contributed by atoms with E-state index >= 15 is 0 Å². The number of nitrogens with zero attached hydrogens (tertiary/aromatic N) is 3. The van der Waals surface area contributed by atoms with Gasteiger partial charge in [0.2, 0.25) is 0 Å². The number of rotatable bonds is 9. The number of guanidine groups is 1. The fourth-order valence-corrected chi connectivity index (χ4v) is 4.48. The molecule has 2 heterocycles. The van der Waals surface area contributed by atoms with Crippen LogP contribution in [0.1, 0.15) is 33.6 Å². The van der Waals surface area contributed by atoms with E-state index in [4.69, 9.17) is 9.73 Å². The molecule has 0 aliphatic carbocycles. The maximum atomic E-state index is 5.55. The molecule has 0 radical (unpaired) electrons. The van der Waals surface area contributed by atoms with E-state index in [1.807, 2.05) is 0 Å². The second kappa shape index (κ2) is 12.2. The molecule has 2 aliphatic rings. The average Bonchev–Trinajstić information content (AvgIpc) is 3.25. The van der Waals surface area contributed by atoms with Crippen molar-refractivity contribution in [2.75, 3.05) is 63.9 Å². The fraction of sp³-hybridized carbons (Fsp3) is 0.708. The predicted molar refractivity (Wildman–Crippen MR) is 126 cm³/mol. The Morgan fingerprint density at radius 2 is 1.90 bits per heavy atom. The van der Waals surface area contributed by atoms with Crippen LogP contribution >= 0.6 is 0 Å². The molecule has 2 aliphatic heterocycles. The van der Waals surface area contributed by atoms with Gasteiger partial charge < -0.3 is 20.3 Å². The maximum absolute atomic E-state index is 5.55. The Balaban J connectivity index is 1.51. The van der Waals surface area contributed by atoms with Gasteiger partial charge in [0.15, 0.2) is 5.96 Å². The van der Waals surface area contributed by atoms with Gasteiger partial charge in [0.1, 0.15) is 0 Å². The smallest absolute Gasteiger partial charge is 0.191 e. The van der Waals surface area contributed by atoms with Crippen LogP contribution in [0, 0.1) is 11.8 Å². The summed E-state index contributed by atoms with van der Waals surface area (Å²) in [4.78, 5) is 10.0. The quantitative estimate of drug-likeness (QED) is 0.480. The Labute approximate surface area is 183 Å². The SMILES string of the molecule is CCNC(=NCC(CC(C)C)N1CCOCC1)NCC1CCN(c2ccccc2)C1. The lowest BCUT2D eigenvalue weighted by Crippen LogP contribution is -2.46. The second-order valence-electron chi connectivity index (χ2n) is 8.97. The van der Waals surface area contributed by atoms with Gasteiger partial charge in [0, 0.05) is 51.0 Å². The summed E-state index contributed by atoms with van der Waals surface area (Å²) in [5.74, 6) is 2.28. The summed E-state index contributed by atoms with van der Waals surface area (Å²) in [7, 11) is 0. The Morgan fingerprint density at radius 1 is 1.13 bits per heavy atom. The molecule has 0 amide bonds. The van der Waals surface area contributed by atoms with Gasteiger partial charge in [0.05, 0.1) is 19.8 Å². The number of hydrogen-bond acceptors (Lipinski definition) is 4. The van der Waals surface area contributed by atoms with Crippen LogP contribution in [-0.4, -0.2) is 75.9 Å². The highest BCUT2D eigenvalue weighted by Crippen LogP contribution is 2.23. The number of para-hydroxylation sites is 1. The monoisotopic (exact) mass is 415 g/mol. The molecule has 6 heteroatoms. The van der Waals surface area contributed by atoms with E-state index in [9.17, 15) is 0 Å². The zero-order valence-electron chi connectivity index (χ0n) is 19.1. The Hall–Kier alpha value is -1.79. The van der Waals surface area contributed by atoms with Crippen LogP contribution in [0.15, 0.2) is 35.3 Å². The lowest BCUT2D eigenvalue weighted by Gasteiger charge is -2.34. The molecule has 2 atom stereocenters. The minimum atomic E-state index is 0.490. The van der Waals surface area contributed by atoms with E-state index in [1.54, 1.807) is 0 Å². The first-order valence-electron chi connectivity index (χ1n) is 11.8. The molecule has 3 rings (SSSR count). The first-order valence-corrected chi connectivity index (χ1v) is 11.8. The van der Waals surface area contributed by atoms with E-state index in [0.29, 0.717) is 17.9 Å².